The first-order valence-electron chi connectivity index (χ1n) is 5.89. The van der Waals surface area contributed by atoms with Crippen LogP contribution in [0.1, 0.15) is 24.5 Å². The Labute approximate surface area is 114 Å². The van der Waals surface area contributed by atoms with Gasteiger partial charge in [-0.25, -0.2) is 9.79 Å². The lowest BCUT2D eigenvalue weighted by molar-refractivity contribution is -0.137. The highest BCUT2D eigenvalue weighted by molar-refractivity contribution is 6.06. The van der Waals surface area contributed by atoms with Crippen LogP contribution in [-0.4, -0.2) is 25.1 Å². The molecule has 0 aliphatic heterocycles. The Hall–Kier alpha value is -2.18. The van der Waals surface area contributed by atoms with Gasteiger partial charge in [0.25, 0.3) is 0 Å². The maximum atomic E-state index is 12.4. The van der Waals surface area contributed by atoms with E-state index in [9.17, 15) is 18.0 Å². The monoisotopic (exact) mass is 285 g/mol. The fraction of sp³-hybridized carbons (Fsp3) is 0.308. The molecule has 0 saturated heterocycles. The molecule has 108 valence electrons. The van der Waals surface area contributed by atoms with E-state index >= 15 is 0 Å². The van der Waals surface area contributed by atoms with Gasteiger partial charge in [-0.15, -0.1) is 0 Å². The molecule has 2 amide bonds. The molecule has 0 atom stereocenters. The lowest BCUT2D eigenvalue weighted by Crippen LogP contribution is -2.21. The number of hydrogen-bond acceptors (Lipinski definition) is 1. The van der Waals surface area contributed by atoms with Crippen LogP contribution in [0.2, 0.25) is 0 Å². The Morgan fingerprint density at radius 2 is 1.90 bits per heavy atom. The van der Waals surface area contributed by atoms with E-state index in [0.29, 0.717) is 12.1 Å². The predicted octanol–water partition coefficient (Wildman–Crippen LogP) is 3.27. The zero-order valence-electron chi connectivity index (χ0n) is 10.9. The molecule has 0 radical (unpaired) electrons. The lowest BCUT2D eigenvalue weighted by Gasteiger charge is -2.07. The zero-order chi connectivity index (χ0) is 15.2. The quantitative estimate of drug-likeness (QED) is 0.672. The third-order valence-electron chi connectivity index (χ3n) is 2.35. The van der Waals surface area contributed by atoms with Gasteiger partial charge in [-0.3, -0.25) is 0 Å². The van der Waals surface area contributed by atoms with Gasteiger partial charge in [0.05, 0.1) is 5.56 Å². The summed E-state index contributed by atoms with van der Waals surface area (Å²) in [6.45, 7) is 5.60. The Morgan fingerprint density at radius 1 is 1.30 bits per heavy atom. The molecular weight excluding hydrogens is 271 g/mol. The van der Waals surface area contributed by atoms with Crippen molar-refractivity contribution in [3.63, 3.8) is 0 Å². The first-order chi connectivity index (χ1) is 9.38. The molecule has 4 nitrogen and oxygen atoms in total. The SMILES string of the molecule is C=NC(=NC(=O)NCCC)c1ccc(C(F)(F)F)cc1. The van der Waals surface area contributed by atoms with Gasteiger partial charge in [0.15, 0.2) is 5.84 Å². The summed E-state index contributed by atoms with van der Waals surface area (Å²) in [5, 5.41) is 2.51. The van der Waals surface area contributed by atoms with E-state index in [0.717, 1.165) is 18.6 Å². The summed E-state index contributed by atoms with van der Waals surface area (Å²) < 4.78 is 37.3. The van der Waals surface area contributed by atoms with Crippen molar-refractivity contribution in [1.82, 2.24) is 5.32 Å². The number of urea groups is 1. The van der Waals surface area contributed by atoms with Crippen molar-refractivity contribution < 1.29 is 18.0 Å². The van der Waals surface area contributed by atoms with Gasteiger partial charge in [-0.1, -0.05) is 19.1 Å². The third kappa shape index (κ3) is 4.49. The third-order valence-corrected chi connectivity index (χ3v) is 2.35. The van der Waals surface area contributed by atoms with Crippen molar-refractivity contribution >= 4 is 18.6 Å². The molecular formula is C13H14F3N3O. The number of nitrogens with zero attached hydrogens (tertiary/aromatic N) is 2. The molecule has 0 spiro atoms. The number of alkyl halides is 3. The van der Waals surface area contributed by atoms with Crippen LogP contribution in [-0.2, 0) is 6.18 Å². The molecule has 0 fully saturated rings. The standard InChI is InChI=1S/C13H14F3N3O/c1-3-8-18-12(20)19-11(17-2)9-4-6-10(7-5-9)13(14,15)16/h4-7H,2-3,8H2,1H3,(H,18,20). The second kappa shape index (κ2) is 6.83. The van der Waals surface area contributed by atoms with E-state index in [4.69, 9.17) is 0 Å². The van der Waals surface area contributed by atoms with Crippen LogP contribution in [0.25, 0.3) is 0 Å². The Kier molecular flexibility index (Phi) is 5.42. The Balaban J connectivity index is 2.93. The average molecular weight is 285 g/mol. The fourth-order valence-electron chi connectivity index (χ4n) is 1.37. The summed E-state index contributed by atoms with van der Waals surface area (Å²) >= 11 is 0. The van der Waals surface area contributed by atoms with Gasteiger partial charge in [-0.2, -0.15) is 18.2 Å². The molecule has 0 heterocycles. The number of carbonyl (C=O) groups excluding carboxylic acids is 1. The zero-order valence-corrected chi connectivity index (χ0v) is 10.9. The van der Waals surface area contributed by atoms with E-state index in [1.54, 1.807) is 0 Å². The van der Waals surface area contributed by atoms with Gasteiger partial charge >= 0.3 is 12.2 Å². The topological polar surface area (TPSA) is 53.8 Å². The molecule has 1 N–H and O–H groups in total. The molecule has 0 saturated carbocycles. The average Bonchev–Trinajstić information content (AvgIpc) is 2.41. The van der Waals surface area contributed by atoms with Crippen molar-refractivity contribution in [3.8, 4) is 0 Å². The Bertz CT molecular complexity index is 507. The highest BCUT2D eigenvalue weighted by Crippen LogP contribution is 2.29. The van der Waals surface area contributed by atoms with Gasteiger partial charge in [0.2, 0.25) is 0 Å². The minimum atomic E-state index is -4.41. The van der Waals surface area contributed by atoms with Gasteiger partial charge in [0.1, 0.15) is 0 Å². The van der Waals surface area contributed by atoms with E-state index in [-0.39, 0.29) is 5.84 Å². The van der Waals surface area contributed by atoms with E-state index in [1.165, 1.54) is 12.1 Å². The molecule has 0 unspecified atom stereocenters. The van der Waals surface area contributed by atoms with Gasteiger partial charge < -0.3 is 5.32 Å². The summed E-state index contributed by atoms with van der Waals surface area (Å²) in [6.07, 6.45) is -3.66. The highest BCUT2D eigenvalue weighted by Gasteiger charge is 2.30. The minimum absolute atomic E-state index is 0.0210. The van der Waals surface area contributed by atoms with Crippen molar-refractivity contribution in [1.29, 1.82) is 0 Å². The number of nitrogens with one attached hydrogen (secondary N) is 1. The second-order valence-electron chi connectivity index (χ2n) is 3.90. The molecule has 1 rings (SSSR count). The summed E-state index contributed by atoms with van der Waals surface area (Å²) in [5.41, 5.74) is -0.486. The molecule has 1 aromatic rings. The van der Waals surface area contributed by atoms with Crippen molar-refractivity contribution in [2.75, 3.05) is 6.54 Å². The van der Waals surface area contributed by atoms with E-state index < -0.39 is 17.8 Å². The molecule has 0 aliphatic carbocycles. The van der Waals surface area contributed by atoms with Crippen LogP contribution in [0.5, 0.6) is 0 Å². The van der Waals surface area contributed by atoms with Crippen molar-refractivity contribution in [3.05, 3.63) is 35.4 Å². The number of benzene rings is 1. The Morgan fingerprint density at radius 3 is 2.35 bits per heavy atom. The summed E-state index contributed by atoms with van der Waals surface area (Å²) in [4.78, 5) is 18.6. The van der Waals surface area contributed by atoms with E-state index in [2.05, 4.69) is 22.0 Å². The number of amidine groups is 1. The van der Waals surface area contributed by atoms with Crippen LogP contribution in [0.3, 0.4) is 0 Å². The second-order valence-corrected chi connectivity index (χ2v) is 3.90. The van der Waals surface area contributed by atoms with Gasteiger partial charge in [0, 0.05) is 12.1 Å². The molecule has 0 aromatic heterocycles. The maximum Gasteiger partial charge on any atom is 0.416 e. The number of hydrogen-bond donors (Lipinski definition) is 1. The smallest absolute Gasteiger partial charge is 0.336 e. The lowest BCUT2D eigenvalue weighted by atomic mass is 10.1. The number of aliphatic imine (C=N–C) groups is 2. The van der Waals surface area contributed by atoms with Crippen molar-refractivity contribution in [2.45, 2.75) is 19.5 Å². The maximum absolute atomic E-state index is 12.4. The summed E-state index contributed by atoms with van der Waals surface area (Å²) in [6, 6.07) is 3.60. The van der Waals surface area contributed by atoms with Crippen LogP contribution in [0.4, 0.5) is 18.0 Å². The van der Waals surface area contributed by atoms with Gasteiger partial charge in [-0.05, 0) is 25.3 Å². The molecule has 20 heavy (non-hydrogen) atoms. The first kappa shape index (κ1) is 15.9. The molecule has 7 heteroatoms. The summed E-state index contributed by atoms with van der Waals surface area (Å²) in [7, 11) is 0. The summed E-state index contributed by atoms with van der Waals surface area (Å²) in [5.74, 6) is -0.0210. The van der Waals surface area contributed by atoms with Crippen LogP contribution >= 0.6 is 0 Å². The fourth-order valence-corrected chi connectivity index (χ4v) is 1.37. The van der Waals surface area contributed by atoms with Crippen LogP contribution < -0.4 is 5.32 Å². The predicted molar refractivity (Wildman–Crippen MR) is 71.2 cm³/mol. The number of amides is 2. The minimum Gasteiger partial charge on any atom is -0.336 e. The van der Waals surface area contributed by atoms with Crippen molar-refractivity contribution in [2.24, 2.45) is 9.98 Å². The first-order valence-corrected chi connectivity index (χ1v) is 5.89. The highest BCUT2D eigenvalue weighted by atomic mass is 19.4. The normalized spacial score (nSPS) is 12.1. The largest absolute Gasteiger partial charge is 0.416 e. The number of halogens is 3. The van der Waals surface area contributed by atoms with Crippen LogP contribution in [0.15, 0.2) is 34.3 Å². The van der Waals surface area contributed by atoms with E-state index in [1.807, 2.05) is 6.92 Å². The number of carbonyl (C=O) groups is 1. The van der Waals surface area contributed by atoms with Crippen LogP contribution in [0, 0.1) is 0 Å². The molecule has 0 aliphatic rings. The molecule has 1 aromatic carbocycles. The number of rotatable bonds is 3. The molecule has 0 bridgehead atoms.